The average molecular weight is 365 g/mol. The fourth-order valence-electron chi connectivity index (χ4n) is 5.23. The lowest BCUT2D eigenvalue weighted by atomic mass is 9.71. The molecule has 0 aromatic rings. The van der Waals surface area contributed by atoms with E-state index >= 15 is 0 Å². The maximum atomic E-state index is 11.4. The van der Waals surface area contributed by atoms with Crippen LogP contribution in [-0.4, -0.2) is 34.5 Å². The fourth-order valence-corrected chi connectivity index (χ4v) is 5.23. The molecule has 0 aromatic heterocycles. The van der Waals surface area contributed by atoms with E-state index in [1.165, 1.54) is 6.92 Å². The second-order valence-corrected chi connectivity index (χ2v) is 9.90. The van der Waals surface area contributed by atoms with E-state index in [0.717, 1.165) is 50.5 Å². The molecule has 1 N–H and O–H groups in total. The third-order valence-corrected chi connectivity index (χ3v) is 7.46. The maximum absolute atomic E-state index is 11.4. The molecule has 4 nitrogen and oxygen atoms in total. The van der Waals surface area contributed by atoms with Crippen molar-refractivity contribution in [1.82, 2.24) is 0 Å². The first kappa shape index (κ1) is 19.9. The number of hydrogen-bond acceptors (Lipinski definition) is 4. The predicted molar refractivity (Wildman–Crippen MR) is 102 cm³/mol. The quantitative estimate of drug-likeness (QED) is 0.446. The summed E-state index contributed by atoms with van der Waals surface area (Å²) in [6, 6.07) is 0. The van der Waals surface area contributed by atoms with E-state index in [1.807, 2.05) is 13.8 Å². The molecule has 148 valence electrons. The Hall–Kier alpha value is -0.870. The van der Waals surface area contributed by atoms with Crippen LogP contribution in [0.3, 0.4) is 0 Å². The highest BCUT2D eigenvalue weighted by Crippen LogP contribution is 2.62. The number of carbonyl (C=O) groups is 1. The summed E-state index contributed by atoms with van der Waals surface area (Å²) >= 11 is 0. The number of aliphatic hydroxyl groups is 1. The summed E-state index contributed by atoms with van der Waals surface area (Å²) in [6.07, 6.45) is 6.95. The van der Waals surface area contributed by atoms with Gasteiger partial charge in [-0.15, -0.1) is 0 Å². The van der Waals surface area contributed by atoms with Gasteiger partial charge >= 0.3 is 5.97 Å². The Morgan fingerprint density at radius 3 is 2.54 bits per heavy atom. The summed E-state index contributed by atoms with van der Waals surface area (Å²) in [7, 11) is 0. The first-order valence-corrected chi connectivity index (χ1v) is 10.2. The Morgan fingerprint density at radius 2 is 1.92 bits per heavy atom. The number of esters is 1. The Labute approximate surface area is 158 Å². The van der Waals surface area contributed by atoms with Crippen LogP contribution in [0.5, 0.6) is 0 Å². The number of rotatable bonds is 5. The van der Waals surface area contributed by atoms with Crippen LogP contribution in [0.4, 0.5) is 0 Å². The summed E-state index contributed by atoms with van der Waals surface area (Å²) in [4.78, 5) is 11.4. The number of carbonyl (C=O) groups excluding carboxylic acids is 1. The third kappa shape index (κ3) is 4.01. The Bertz CT molecular complexity index is 583. The van der Waals surface area contributed by atoms with Crippen LogP contribution >= 0.6 is 0 Å². The van der Waals surface area contributed by atoms with E-state index in [0.29, 0.717) is 17.9 Å². The molecule has 1 heterocycles. The molecule has 2 aliphatic carbocycles. The summed E-state index contributed by atoms with van der Waals surface area (Å²) < 4.78 is 11.5. The van der Waals surface area contributed by atoms with Crippen molar-refractivity contribution in [2.45, 2.75) is 103 Å². The molecule has 3 aliphatic rings. The van der Waals surface area contributed by atoms with Crippen LogP contribution in [0.25, 0.3) is 0 Å². The zero-order valence-corrected chi connectivity index (χ0v) is 17.1. The molecule has 4 heteroatoms. The van der Waals surface area contributed by atoms with Crippen molar-refractivity contribution in [3.63, 3.8) is 0 Å². The van der Waals surface area contributed by atoms with Crippen molar-refractivity contribution >= 4 is 5.97 Å². The second-order valence-electron chi connectivity index (χ2n) is 9.90. The van der Waals surface area contributed by atoms with Crippen molar-refractivity contribution < 1.29 is 19.4 Å². The molecule has 1 saturated heterocycles. The van der Waals surface area contributed by atoms with Gasteiger partial charge < -0.3 is 14.6 Å². The Morgan fingerprint density at radius 1 is 1.23 bits per heavy atom. The Balaban J connectivity index is 1.72. The van der Waals surface area contributed by atoms with Crippen LogP contribution in [-0.2, 0) is 14.3 Å². The molecule has 0 unspecified atom stereocenters. The maximum Gasteiger partial charge on any atom is 0.303 e. The molecule has 7 atom stereocenters. The van der Waals surface area contributed by atoms with Crippen LogP contribution < -0.4 is 0 Å². The van der Waals surface area contributed by atoms with Gasteiger partial charge in [-0.25, -0.2) is 0 Å². The van der Waals surface area contributed by atoms with Crippen LogP contribution in [0.2, 0.25) is 0 Å². The number of hydrogen-bond donors (Lipinski definition) is 1. The highest BCUT2D eigenvalue weighted by Gasteiger charge is 2.60. The number of ether oxygens (including phenoxy) is 2. The molecule has 1 aliphatic heterocycles. The van der Waals surface area contributed by atoms with Crippen LogP contribution in [0, 0.1) is 17.3 Å². The molecule has 2 saturated carbocycles. The summed E-state index contributed by atoms with van der Waals surface area (Å²) in [5.74, 6) is 0.676. The van der Waals surface area contributed by atoms with Crippen molar-refractivity contribution in [3.05, 3.63) is 12.2 Å². The number of epoxide rings is 1. The van der Waals surface area contributed by atoms with Gasteiger partial charge in [-0.1, -0.05) is 13.5 Å². The van der Waals surface area contributed by atoms with Gasteiger partial charge in [0.15, 0.2) is 0 Å². The van der Waals surface area contributed by atoms with Gasteiger partial charge in [0.25, 0.3) is 0 Å². The largest absolute Gasteiger partial charge is 0.458 e. The molecule has 0 amide bonds. The van der Waals surface area contributed by atoms with Gasteiger partial charge in [0.05, 0.1) is 17.3 Å². The minimum Gasteiger partial charge on any atom is -0.458 e. The normalized spacial score (nSPS) is 45.7. The monoisotopic (exact) mass is 364 g/mol. The van der Waals surface area contributed by atoms with Crippen molar-refractivity contribution in [2.75, 3.05) is 0 Å². The van der Waals surface area contributed by atoms with Crippen molar-refractivity contribution in [1.29, 1.82) is 0 Å². The highest BCUT2D eigenvalue weighted by atomic mass is 16.6. The van der Waals surface area contributed by atoms with Crippen molar-refractivity contribution in [2.24, 2.45) is 17.3 Å². The van der Waals surface area contributed by atoms with E-state index in [9.17, 15) is 9.90 Å². The summed E-state index contributed by atoms with van der Waals surface area (Å²) in [6.45, 7) is 14.0. The van der Waals surface area contributed by atoms with E-state index in [4.69, 9.17) is 9.47 Å². The van der Waals surface area contributed by atoms with E-state index in [1.54, 1.807) is 0 Å². The van der Waals surface area contributed by atoms with E-state index < -0.39 is 5.60 Å². The lowest BCUT2D eigenvalue weighted by Crippen LogP contribution is -2.34. The zero-order valence-electron chi connectivity index (χ0n) is 17.1. The Kier molecular flexibility index (Phi) is 5.07. The van der Waals surface area contributed by atoms with E-state index in [2.05, 4.69) is 20.4 Å². The molecule has 0 bridgehead atoms. The van der Waals surface area contributed by atoms with Gasteiger partial charge in [0.2, 0.25) is 0 Å². The number of fused-ring (bicyclic) bond motifs is 2. The molecule has 0 spiro atoms. The third-order valence-electron chi connectivity index (χ3n) is 7.46. The van der Waals surface area contributed by atoms with Gasteiger partial charge in [-0.3, -0.25) is 4.79 Å². The summed E-state index contributed by atoms with van der Waals surface area (Å²) in [5.41, 5.74) is 0.433. The van der Waals surface area contributed by atoms with Gasteiger partial charge in [0.1, 0.15) is 6.10 Å². The van der Waals surface area contributed by atoms with Crippen LogP contribution in [0.1, 0.15) is 79.6 Å². The lowest BCUT2D eigenvalue weighted by Gasteiger charge is -2.36. The topological polar surface area (TPSA) is 59.1 Å². The van der Waals surface area contributed by atoms with Gasteiger partial charge in [-0.05, 0) is 88.5 Å². The minimum absolute atomic E-state index is 0.0112. The first-order chi connectivity index (χ1) is 12.0. The second kappa shape index (κ2) is 6.63. The van der Waals surface area contributed by atoms with Crippen LogP contribution in [0.15, 0.2) is 12.2 Å². The zero-order chi connectivity index (χ0) is 19.3. The highest BCUT2D eigenvalue weighted by molar-refractivity contribution is 5.66. The average Bonchev–Trinajstić information content (AvgIpc) is 3.42. The fraction of sp³-hybridized carbons (Fsp3) is 0.864. The molecular formula is C22H36O4. The van der Waals surface area contributed by atoms with Crippen molar-refractivity contribution in [3.8, 4) is 0 Å². The summed E-state index contributed by atoms with van der Waals surface area (Å²) in [5, 5.41) is 11.0. The predicted octanol–water partition coefficient (Wildman–Crippen LogP) is 4.40. The lowest BCUT2D eigenvalue weighted by molar-refractivity contribution is -0.145. The first-order valence-electron chi connectivity index (χ1n) is 10.2. The van der Waals surface area contributed by atoms with E-state index in [-0.39, 0.29) is 23.1 Å². The van der Waals surface area contributed by atoms with Gasteiger partial charge in [0, 0.05) is 6.92 Å². The molecule has 0 radical (unpaired) electrons. The molecular weight excluding hydrogens is 328 g/mol. The smallest absolute Gasteiger partial charge is 0.303 e. The SMILES string of the molecule is C=C(C)[C@H](CC[C@]1(C)CC[C@@]2(C)O[C@@H]2CC[C@@](C)(O)[C@@H]2C[C@H]21)OC(C)=O. The molecule has 0 aromatic carbocycles. The standard InChI is InChI=1S/C22H36O4/c1-14(2)18(25-15(3)23)7-9-20(4)11-12-22(6)19(26-22)8-10-21(5,24)17-13-16(17)20/h16-19,24H,1,7-13H2,2-6H3/t16-,17-,18+,19-,20-,21-,22-/m1/s1. The molecule has 3 fully saturated rings. The molecule has 3 rings (SSSR count). The van der Waals surface area contributed by atoms with Gasteiger partial charge in [-0.2, -0.15) is 0 Å². The minimum atomic E-state index is -0.597. The molecule has 26 heavy (non-hydrogen) atoms.